The third-order valence-corrected chi connectivity index (χ3v) is 3.83. The second kappa shape index (κ2) is 5.28. The molecule has 0 spiro atoms. The summed E-state index contributed by atoms with van der Waals surface area (Å²) in [6.45, 7) is 1.67. The fourth-order valence-electron chi connectivity index (χ4n) is 2.22. The van der Waals surface area contributed by atoms with Gasteiger partial charge in [0.2, 0.25) is 0 Å². The summed E-state index contributed by atoms with van der Waals surface area (Å²) < 4.78 is 29.1. The van der Waals surface area contributed by atoms with E-state index in [2.05, 4.69) is 4.98 Å². The molecule has 0 radical (unpaired) electrons. The van der Waals surface area contributed by atoms with Crippen molar-refractivity contribution in [1.82, 2.24) is 9.55 Å². The topological polar surface area (TPSA) is 17.8 Å². The third kappa shape index (κ3) is 2.39. The second-order valence-corrected chi connectivity index (χ2v) is 5.36. The number of benzene rings is 2. The molecule has 0 fully saturated rings. The Morgan fingerprint density at radius 3 is 2.57 bits per heavy atom. The molecule has 108 valence electrons. The highest BCUT2D eigenvalue weighted by Gasteiger charge is 2.15. The van der Waals surface area contributed by atoms with E-state index in [0.717, 1.165) is 0 Å². The average molecular weight is 327 g/mol. The summed E-state index contributed by atoms with van der Waals surface area (Å²) in [4.78, 5) is 4.32. The number of fused-ring (bicyclic) bond motifs is 1. The van der Waals surface area contributed by atoms with Gasteiger partial charge in [0.05, 0.1) is 27.6 Å². The van der Waals surface area contributed by atoms with Crippen LogP contribution in [-0.2, 0) is 5.88 Å². The molecule has 0 aliphatic heterocycles. The Labute approximate surface area is 129 Å². The van der Waals surface area contributed by atoms with Crippen LogP contribution in [0.5, 0.6) is 0 Å². The number of hydrogen-bond donors (Lipinski definition) is 0. The van der Waals surface area contributed by atoms with Crippen molar-refractivity contribution in [3.05, 3.63) is 58.4 Å². The minimum atomic E-state index is -0.556. The monoisotopic (exact) mass is 326 g/mol. The van der Waals surface area contributed by atoms with Crippen molar-refractivity contribution in [3.8, 4) is 5.69 Å². The molecular formula is C15H10Cl2F2N2. The molecule has 1 heterocycles. The first-order chi connectivity index (χ1) is 10.0. The number of halogens is 4. The molecular weight excluding hydrogens is 317 g/mol. The Morgan fingerprint density at radius 2 is 1.90 bits per heavy atom. The SMILES string of the molecule is Cc1ccc(-n2c(CCl)nc3cc(Cl)c(F)cc32)cc1F. The van der Waals surface area contributed by atoms with Crippen molar-refractivity contribution in [3.63, 3.8) is 0 Å². The first kappa shape index (κ1) is 14.3. The van der Waals surface area contributed by atoms with Crippen LogP contribution in [-0.4, -0.2) is 9.55 Å². The van der Waals surface area contributed by atoms with E-state index in [1.165, 1.54) is 18.2 Å². The number of rotatable bonds is 2. The second-order valence-electron chi connectivity index (χ2n) is 4.69. The van der Waals surface area contributed by atoms with Crippen LogP contribution in [0, 0.1) is 18.6 Å². The smallest absolute Gasteiger partial charge is 0.144 e. The van der Waals surface area contributed by atoms with Crippen molar-refractivity contribution >= 4 is 34.2 Å². The highest BCUT2D eigenvalue weighted by molar-refractivity contribution is 6.31. The van der Waals surface area contributed by atoms with Crippen LogP contribution >= 0.6 is 23.2 Å². The first-order valence-electron chi connectivity index (χ1n) is 6.20. The van der Waals surface area contributed by atoms with E-state index in [1.54, 1.807) is 23.6 Å². The van der Waals surface area contributed by atoms with Crippen LogP contribution in [0.2, 0.25) is 5.02 Å². The number of hydrogen-bond acceptors (Lipinski definition) is 1. The number of imidazole rings is 1. The molecule has 6 heteroatoms. The van der Waals surface area contributed by atoms with E-state index >= 15 is 0 Å². The predicted octanol–water partition coefficient (Wildman–Crippen LogP) is 5.00. The van der Waals surface area contributed by atoms with E-state index in [-0.39, 0.29) is 16.7 Å². The largest absolute Gasteiger partial charge is 0.295 e. The number of nitrogens with zero attached hydrogens (tertiary/aromatic N) is 2. The Bertz CT molecular complexity index is 843. The number of alkyl halides is 1. The summed E-state index contributed by atoms with van der Waals surface area (Å²) in [5.41, 5.74) is 2.08. The van der Waals surface area contributed by atoms with Crippen molar-refractivity contribution in [1.29, 1.82) is 0 Å². The van der Waals surface area contributed by atoms with Gasteiger partial charge in [0.15, 0.2) is 0 Å². The van der Waals surface area contributed by atoms with Crippen LogP contribution in [0.3, 0.4) is 0 Å². The first-order valence-corrected chi connectivity index (χ1v) is 7.11. The lowest BCUT2D eigenvalue weighted by Gasteiger charge is -2.09. The van der Waals surface area contributed by atoms with E-state index in [9.17, 15) is 8.78 Å². The van der Waals surface area contributed by atoms with Crippen LogP contribution in [0.4, 0.5) is 8.78 Å². The molecule has 0 atom stereocenters. The highest BCUT2D eigenvalue weighted by atomic mass is 35.5. The third-order valence-electron chi connectivity index (χ3n) is 3.30. The minimum Gasteiger partial charge on any atom is -0.295 e. The molecule has 0 amide bonds. The summed E-state index contributed by atoms with van der Waals surface area (Å²) >= 11 is 11.7. The summed E-state index contributed by atoms with van der Waals surface area (Å²) in [6.07, 6.45) is 0. The van der Waals surface area contributed by atoms with E-state index in [1.807, 2.05) is 0 Å². The van der Waals surface area contributed by atoms with Gasteiger partial charge in [-0.2, -0.15) is 0 Å². The van der Waals surface area contributed by atoms with E-state index in [4.69, 9.17) is 23.2 Å². The maximum atomic E-state index is 13.8. The average Bonchev–Trinajstić information content (AvgIpc) is 2.80. The molecule has 0 unspecified atom stereocenters. The molecule has 0 N–H and O–H groups in total. The zero-order valence-corrected chi connectivity index (χ0v) is 12.5. The zero-order chi connectivity index (χ0) is 15.1. The maximum absolute atomic E-state index is 13.8. The molecule has 0 aliphatic carbocycles. The summed E-state index contributed by atoms with van der Waals surface area (Å²) in [6, 6.07) is 7.48. The Morgan fingerprint density at radius 1 is 1.14 bits per heavy atom. The fraction of sp³-hybridized carbons (Fsp3) is 0.133. The Balaban J connectivity index is 2.34. The summed E-state index contributed by atoms with van der Waals surface area (Å²) in [7, 11) is 0. The summed E-state index contributed by atoms with van der Waals surface area (Å²) in [5.74, 6) is -0.288. The number of aromatic nitrogens is 2. The molecule has 1 aromatic heterocycles. The molecule has 0 bridgehead atoms. The van der Waals surface area contributed by atoms with Crippen molar-refractivity contribution in [2.75, 3.05) is 0 Å². The van der Waals surface area contributed by atoms with Gasteiger partial charge in [-0.15, -0.1) is 11.6 Å². The van der Waals surface area contributed by atoms with E-state index in [0.29, 0.717) is 28.1 Å². The van der Waals surface area contributed by atoms with Gasteiger partial charge in [-0.05, 0) is 30.7 Å². The van der Waals surface area contributed by atoms with Gasteiger partial charge in [0.1, 0.15) is 17.5 Å². The number of aryl methyl sites for hydroxylation is 1. The van der Waals surface area contributed by atoms with Gasteiger partial charge in [-0.3, -0.25) is 4.57 Å². The van der Waals surface area contributed by atoms with Crippen LogP contribution in [0.15, 0.2) is 30.3 Å². The zero-order valence-electron chi connectivity index (χ0n) is 11.0. The molecule has 3 rings (SSSR count). The fourth-order valence-corrected chi connectivity index (χ4v) is 2.56. The van der Waals surface area contributed by atoms with Crippen LogP contribution < -0.4 is 0 Å². The lowest BCUT2D eigenvalue weighted by atomic mass is 10.2. The van der Waals surface area contributed by atoms with Crippen molar-refractivity contribution in [2.45, 2.75) is 12.8 Å². The van der Waals surface area contributed by atoms with Crippen LogP contribution in [0.25, 0.3) is 16.7 Å². The Hall–Kier alpha value is -1.65. The van der Waals surface area contributed by atoms with Crippen LogP contribution in [0.1, 0.15) is 11.4 Å². The molecule has 2 aromatic carbocycles. The van der Waals surface area contributed by atoms with E-state index < -0.39 is 5.82 Å². The molecule has 21 heavy (non-hydrogen) atoms. The van der Waals surface area contributed by atoms with Gasteiger partial charge >= 0.3 is 0 Å². The molecule has 3 aromatic rings. The quantitative estimate of drug-likeness (QED) is 0.605. The summed E-state index contributed by atoms with van der Waals surface area (Å²) in [5, 5.41) is -0.0108. The predicted molar refractivity (Wildman–Crippen MR) is 80.3 cm³/mol. The Kier molecular flexibility index (Phi) is 3.59. The van der Waals surface area contributed by atoms with Crippen molar-refractivity contribution in [2.24, 2.45) is 0 Å². The van der Waals surface area contributed by atoms with Gasteiger partial charge in [0.25, 0.3) is 0 Å². The van der Waals surface area contributed by atoms with Gasteiger partial charge in [0, 0.05) is 6.07 Å². The maximum Gasteiger partial charge on any atom is 0.144 e. The molecule has 0 aliphatic rings. The normalized spacial score (nSPS) is 11.3. The highest BCUT2D eigenvalue weighted by Crippen LogP contribution is 2.28. The lowest BCUT2D eigenvalue weighted by Crippen LogP contribution is -2.00. The molecule has 0 saturated heterocycles. The van der Waals surface area contributed by atoms with Gasteiger partial charge in [-0.1, -0.05) is 17.7 Å². The molecule has 0 saturated carbocycles. The standard InChI is InChI=1S/C15H10Cl2F2N2/c1-8-2-3-9(4-11(8)18)21-14-6-12(19)10(17)5-13(14)20-15(21)7-16/h2-6H,7H2,1H3. The molecule has 2 nitrogen and oxygen atoms in total. The lowest BCUT2D eigenvalue weighted by molar-refractivity contribution is 0.617. The van der Waals surface area contributed by atoms with Gasteiger partial charge in [-0.25, -0.2) is 13.8 Å². The van der Waals surface area contributed by atoms with Crippen molar-refractivity contribution < 1.29 is 8.78 Å². The van der Waals surface area contributed by atoms with Gasteiger partial charge < -0.3 is 0 Å². The minimum absolute atomic E-state index is 0.0108.